The summed E-state index contributed by atoms with van der Waals surface area (Å²) in [5.74, 6) is -1.68. The fourth-order valence-electron chi connectivity index (χ4n) is 4.17. The van der Waals surface area contributed by atoms with Gasteiger partial charge in [0.15, 0.2) is 11.5 Å². The third-order valence-electron chi connectivity index (χ3n) is 5.76. The summed E-state index contributed by atoms with van der Waals surface area (Å²) < 4.78 is 27.3. The van der Waals surface area contributed by atoms with Gasteiger partial charge in [-0.05, 0) is 30.7 Å². The number of likely N-dealkylation sites (tertiary alicyclic amines) is 1. The molecule has 8 nitrogen and oxygen atoms in total. The Bertz CT molecular complexity index is 1250. The molecule has 1 amide bonds. The van der Waals surface area contributed by atoms with Crippen LogP contribution in [0.2, 0.25) is 0 Å². The molecular weight excluding hydrogens is 429 g/mol. The van der Waals surface area contributed by atoms with Crippen LogP contribution in [0.15, 0.2) is 66.8 Å². The van der Waals surface area contributed by atoms with Gasteiger partial charge in [-0.3, -0.25) is 9.59 Å². The van der Waals surface area contributed by atoms with Crippen LogP contribution < -0.4 is 9.47 Å². The van der Waals surface area contributed by atoms with Crippen molar-refractivity contribution >= 4 is 17.4 Å². The predicted octanol–water partition coefficient (Wildman–Crippen LogP) is 3.26. The molecule has 3 heterocycles. The monoisotopic (exact) mass is 449 g/mol. The normalized spacial score (nSPS) is 18.8. The fourth-order valence-corrected chi connectivity index (χ4v) is 4.17. The van der Waals surface area contributed by atoms with Gasteiger partial charge in [-0.15, -0.1) is 0 Å². The zero-order valence-electron chi connectivity index (χ0n) is 17.5. The molecule has 2 aromatic carbocycles. The molecule has 1 N–H and O–H groups in total. The van der Waals surface area contributed by atoms with Crippen LogP contribution >= 0.6 is 0 Å². The number of imidazole rings is 1. The Morgan fingerprint density at radius 1 is 1.12 bits per heavy atom. The van der Waals surface area contributed by atoms with Gasteiger partial charge in [0.05, 0.1) is 17.9 Å². The topological polar surface area (TPSA) is 93.9 Å². The van der Waals surface area contributed by atoms with Crippen LogP contribution in [-0.2, 0) is 16.1 Å². The molecule has 1 atom stereocenters. The van der Waals surface area contributed by atoms with E-state index in [2.05, 4.69) is 4.98 Å². The summed E-state index contributed by atoms with van der Waals surface area (Å²) in [6, 6.07) is 9.59. The molecule has 0 saturated carbocycles. The number of aryl methyl sites for hydroxylation is 1. The quantitative estimate of drug-likeness (QED) is 0.353. The number of benzene rings is 2. The van der Waals surface area contributed by atoms with Crippen molar-refractivity contribution in [3.8, 4) is 11.5 Å². The Kier molecular flexibility index (Phi) is 5.29. The summed E-state index contributed by atoms with van der Waals surface area (Å²) in [5, 5.41) is 11.1. The number of hydrogen-bond acceptors (Lipinski definition) is 6. The van der Waals surface area contributed by atoms with Crippen molar-refractivity contribution < 1.29 is 28.6 Å². The predicted molar refractivity (Wildman–Crippen MR) is 115 cm³/mol. The molecule has 3 aromatic rings. The minimum Gasteiger partial charge on any atom is -0.507 e. The molecular formula is C24H20FN3O5. The maximum Gasteiger partial charge on any atom is 0.295 e. The Hall–Kier alpha value is -4.14. The molecule has 1 unspecified atom stereocenters. The maximum atomic E-state index is 14.8. The highest BCUT2D eigenvalue weighted by Gasteiger charge is 2.46. The van der Waals surface area contributed by atoms with Gasteiger partial charge >= 0.3 is 0 Å². The molecule has 5 rings (SSSR count). The van der Waals surface area contributed by atoms with Crippen molar-refractivity contribution in [3.05, 3.63) is 83.7 Å². The number of rotatable bonds is 6. The van der Waals surface area contributed by atoms with Crippen LogP contribution in [0.5, 0.6) is 11.5 Å². The van der Waals surface area contributed by atoms with E-state index in [-0.39, 0.29) is 30.0 Å². The molecule has 0 bridgehead atoms. The Balaban J connectivity index is 1.55. The van der Waals surface area contributed by atoms with E-state index in [0.29, 0.717) is 24.5 Å². The number of aliphatic hydroxyl groups excluding tert-OH is 1. The molecule has 33 heavy (non-hydrogen) atoms. The van der Waals surface area contributed by atoms with Crippen LogP contribution in [0.3, 0.4) is 0 Å². The lowest BCUT2D eigenvalue weighted by atomic mass is 9.94. The summed E-state index contributed by atoms with van der Waals surface area (Å²) in [5.41, 5.74) is 0.255. The number of nitrogens with zero attached hydrogens (tertiary/aromatic N) is 3. The summed E-state index contributed by atoms with van der Waals surface area (Å²) in [4.78, 5) is 31.3. The minimum absolute atomic E-state index is 0.0517. The SMILES string of the molecule is O=C1C(=O)N(CCCn2ccnc2)C(c2ccccc2F)/C1=C(\O)c1ccc2c(c1)OCO2. The van der Waals surface area contributed by atoms with E-state index in [1.54, 1.807) is 36.9 Å². The molecule has 1 aromatic heterocycles. The fraction of sp³-hybridized carbons (Fsp3) is 0.208. The second-order valence-corrected chi connectivity index (χ2v) is 7.74. The Morgan fingerprint density at radius 2 is 1.94 bits per heavy atom. The molecule has 0 spiro atoms. The van der Waals surface area contributed by atoms with Crippen molar-refractivity contribution in [3.63, 3.8) is 0 Å². The van der Waals surface area contributed by atoms with Gasteiger partial charge in [0.1, 0.15) is 11.6 Å². The number of Topliss-reactive ketones (excluding diaryl/α,β-unsaturated/α-hetero) is 1. The van der Waals surface area contributed by atoms with Crippen molar-refractivity contribution in [2.24, 2.45) is 0 Å². The number of aliphatic hydroxyl groups is 1. The number of amides is 1. The van der Waals surface area contributed by atoms with Gasteiger partial charge in [0.25, 0.3) is 11.7 Å². The van der Waals surface area contributed by atoms with Gasteiger partial charge in [0, 0.05) is 36.6 Å². The summed E-state index contributed by atoms with van der Waals surface area (Å²) in [7, 11) is 0. The molecule has 9 heteroatoms. The number of carbonyl (C=O) groups excluding carboxylic acids is 2. The number of hydrogen-bond donors (Lipinski definition) is 1. The molecule has 2 aliphatic heterocycles. The van der Waals surface area contributed by atoms with E-state index >= 15 is 0 Å². The second-order valence-electron chi connectivity index (χ2n) is 7.74. The van der Waals surface area contributed by atoms with Crippen molar-refractivity contribution in [2.75, 3.05) is 13.3 Å². The van der Waals surface area contributed by atoms with E-state index in [1.807, 2.05) is 4.57 Å². The Morgan fingerprint density at radius 3 is 2.73 bits per heavy atom. The number of ether oxygens (including phenoxy) is 2. The van der Waals surface area contributed by atoms with Crippen molar-refractivity contribution in [1.82, 2.24) is 14.5 Å². The average Bonchev–Trinajstić information content (AvgIpc) is 3.55. The van der Waals surface area contributed by atoms with Gasteiger partial charge < -0.3 is 24.0 Å². The van der Waals surface area contributed by atoms with Gasteiger partial charge in [-0.1, -0.05) is 18.2 Å². The van der Waals surface area contributed by atoms with Crippen LogP contribution in [0.4, 0.5) is 4.39 Å². The maximum absolute atomic E-state index is 14.8. The average molecular weight is 449 g/mol. The zero-order chi connectivity index (χ0) is 22.9. The first kappa shape index (κ1) is 20.7. The largest absolute Gasteiger partial charge is 0.507 e. The molecule has 1 fully saturated rings. The lowest BCUT2D eigenvalue weighted by Gasteiger charge is -2.25. The molecule has 1 saturated heterocycles. The minimum atomic E-state index is -1.06. The second kappa shape index (κ2) is 8.42. The summed E-state index contributed by atoms with van der Waals surface area (Å²) in [6.07, 6.45) is 5.61. The van der Waals surface area contributed by atoms with E-state index in [4.69, 9.17) is 9.47 Å². The number of fused-ring (bicyclic) bond motifs is 1. The van der Waals surface area contributed by atoms with Gasteiger partial charge in [0.2, 0.25) is 6.79 Å². The summed E-state index contributed by atoms with van der Waals surface area (Å²) >= 11 is 0. The molecule has 168 valence electrons. The first-order valence-electron chi connectivity index (χ1n) is 10.4. The Labute approximate surface area is 188 Å². The highest BCUT2D eigenvalue weighted by molar-refractivity contribution is 6.46. The van der Waals surface area contributed by atoms with Gasteiger partial charge in [-0.2, -0.15) is 0 Å². The van der Waals surface area contributed by atoms with Crippen LogP contribution in [0.1, 0.15) is 23.6 Å². The molecule has 0 radical (unpaired) electrons. The van der Waals surface area contributed by atoms with E-state index in [9.17, 15) is 19.1 Å². The zero-order valence-corrected chi connectivity index (χ0v) is 17.5. The third kappa shape index (κ3) is 3.71. The van der Waals surface area contributed by atoms with Crippen molar-refractivity contribution in [1.29, 1.82) is 0 Å². The lowest BCUT2D eigenvalue weighted by Crippen LogP contribution is -2.31. The van der Waals surface area contributed by atoms with Gasteiger partial charge in [-0.25, -0.2) is 9.37 Å². The van der Waals surface area contributed by atoms with Crippen molar-refractivity contribution in [2.45, 2.75) is 19.0 Å². The first-order valence-corrected chi connectivity index (χ1v) is 10.4. The van der Waals surface area contributed by atoms with Crippen LogP contribution in [0, 0.1) is 5.82 Å². The lowest BCUT2D eigenvalue weighted by molar-refractivity contribution is -0.140. The number of halogens is 1. The highest BCUT2D eigenvalue weighted by atomic mass is 19.1. The summed E-state index contributed by atoms with van der Waals surface area (Å²) in [6.45, 7) is 0.810. The third-order valence-corrected chi connectivity index (χ3v) is 5.76. The van der Waals surface area contributed by atoms with Crippen LogP contribution in [-0.4, -0.2) is 44.6 Å². The first-order chi connectivity index (χ1) is 16.0. The number of aromatic nitrogens is 2. The van der Waals surface area contributed by atoms with E-state index < -0.39 is 29.3 Å². The smallest absolute Gasteiger partial charge is 0.295 e. The standard InChI is InChI=1S/C24H20FN3O5/c25-17-5-2-1-4-16(17)21-20(22(29)15-6-7-18-19(12-15)33-14-32-18)23(30)24(31)28(21)10-3-9-27-11-8-26-13-27/h1-2,4-8,11-13,21,29H,3,9-10,14H2/b22-20+. The van der Waals surface area contributed by atoms with E-state index in [1.165, 1.54) is 29.2 Å². The van der Waals surface area contributed by atoms with Crippen LogP contribution in [0.25, 0.3) is 5.76 Å². The number of carbonyl (C=O) groups is 2. The van der Waals surface area contributed by atoms with E-state index in [0.717, 1.165) is 0 Å². The number of ketones is 1. The molecule has 2 aliphatic rings. The molecule has 0 aliphatic carbocycles. The highest BCUT2D eigenvalue weighted by Crippen LogP contribution is 2.42.